The fraction of sp³-hybridized carbons (Fsp3) is 0.357. The van der Waals surface area contributed by atoms with Crippen molar-refractivity contribution in [1.29, 1.82) is 0 Å². The molecule has 0 aliphatic rings. The normalized spacial score (nSPS) is 10.9. The number of benzene rings is 1. The molecule has 0 atom stereocenters. The van der Waals surface area contributed by atoms with E-state index in [0.717, 1.165) is 28.6 Å². The zero-order valence-electron chi connectivity index (χ0n) is 10.5. The predicted molar refractivity (Wildman–Crippen MR) is 77.4 cm³/mol. The van der Waals surface area contributed by atoms with Crippen molar-refractivity contribution in [2.24, 2.45) is 5.92 Å². The van der Waals surface area contributed by atoms with Gasteiger partial charge in [0.25, 0.3) is 0 Å². The van der Waals surface area contributed by atoms with Crippen LogP contribution in [0.15, 0.2) is 29.6 Å². The van der Waals surface area contributed by atoms with Crippen LogP contribution >= 0.6 is 22.9 Å². The van der Waals surface area contributed by atoms with E-state index < -0.39 is 0 Å². The number of halogens is 1. The van der Waals surface area contributed by atoms with E-state index in [-0.39, 0.29) is 0 Å². The van der Waals surface area contributed by atoms with Gasteiger partial charge < -0.3 is 4.74 Å². The summed E-state index contributed by atoms with van der Waals surface area (Å²) in [4.78, 5) is 4.45. The fourth-order valence-corrected chi connectivity index (χ4v) is 2.51. The third-order valence-electron chi connectivity index (χ3n) is 2.37. The van der Waals surface area contributed by atoms with Crippen molar-refractivity contribution in [2.75, 3.05) is 6.61 Å². The molecule has 0 saturated heterocycles. The zero-order chi connectivity index (χ0) is 13.0. The van der Waals surface area contributed by atoms with Crippen LogP contribution in [0.5, 0.6) is 5.75 Å². The second-order valence-corrected chi connectivity index (χ2v) is 5.63. The summed E-state index contributed by atoms with van der Waals surface area (Å²) in [7, 11) is 0. The molecule has 2 nitrogen and oxygen atoms in total. The van der Waals surface area contributed by atoms with Crippen LogP contribution in [0.4, 0.5) is 0 Å². The topological polar surface area (TPSA) is 22.1 Å². The summed E-state index contributed by atoms with van der Waals surface area (Å²) in [5.41, 5.74) is 2.03. The molecule has 96 valence electrons. The van der Waals surface area contributed by atoms with E-state index >= 15 is 0 Å². The van der Waals surface area contributed by atoms with E-state index in [4.69, 9.17) is 16.3 Å². The van der Waals surface area contributed by atoms with Crippen molar-refractivity contribution >= 4 is 22.9 Å². The lowest BCUT2D eigenvalue weighted by atomic mass is 10.2. The van der Waals surface area contributed by atoms with Crippen LogP contribution < -0.4 is 4.74 Å². The third-order valence-corrected chi connectivity index (χ3v) is 3.59. The Morgan fingerprint density at radius 2 is 2.00 bits per heavy atom. The third kappa shape index (κ3) is 3.47. The Morgan fingerprint density at radius 3 is 2.56 bits per heavy atom. The second kappa shape index (κ2) is 6.21. The van der Waals surface area contributed by atoms with Crippen molar-refractivity contribution in [2.45, 2.75) is 19.7 Å². The Morgan fingerprint density at radius 1 is 1.28 bits per heavy atom. The lowest BCUT2D eigenvalue weighted by Crippen LogP contribution is -2.04. The number of rotatable bonds is 5. The molecule has 4 heteroatoms. The van der Waals surface area contributed by atoms with E-state index in [1.54, 1.807) is 11.3 Å². The highest BCUT2D eigenvalue weighted by Gasteiger charge is 2.04. The summed E-state index contributed by atoms with van der Waals surface area (Å²) in [5, 5.41) is 2.99. The minimum atomic E-state index is 0.464. The van der Waals surface area contributed by atoms with E-state index in [1.807, 2.05) is 29.6 Å². The van der Waals surface area contributed by atoms with Crippen LogP contribution in [0.1, 0.15) is 19.5 Å². The molecule has 1 heterocycles. The molecule has 0 amide bonds. The second-order valence-electron chi connectivity index (χ2n) is 4.51. The van der Waals surface area contributed by atoms with Crippen LogP contribution in [-0.4, -0.2) is 11.6 Å². The minimum Gasteiger partial charge on any atom is -0.493 e. The van der Waals surface area contributed by atoms with Gasteiger partial charge in [0.15, 0.2) is 0 Å². The molecular weight excluding hydrogens is 266 g/mol. The molecule has 0 fully saturated rings. The summed E-state index contributed by atoms with van der Waals surface area (Å²) in [5.74, 6) is 1.91. The zero-order valence-corrected chi connectivity index (χ0v) is 12.1. The number of alkyl halides is 1. The van der Waals surface area contributed by atoms with Crippen molar-refractivity contribution < 1.29 is 4.74 Å². The molecule has 0 radical (unpaired) electrons. The van der Waals surface area contributed by atoms with E-state index in [1.165, 1.54) is 0 Å². The Labute approximate surface area is 117 Å². The lowest BCUT2D eigenvalue weighted by Gasteiger charge is -2.08. The lowest BCUT2D eigenvalue weighted by molar-refractivity contribution is 0.271. The summed E-state index contributed by atoms with van der Waals surface area (Å²) in [6, 6.07) is 8.04. The maximum Gasteiger partial charge on any atom is 0.123 e. The fourth-order valence-electron chi connectivity index (χ4n) is 1.46. The first-order chi connectivity index (χ1) is 8.69. The average molecular weight is 282 g/mol. The van der Waals surface area contributed by atoms with Gasteiger partial charge in [-0.15, -0.1) is 22.9 Å². The SMILES string of the molecule is CC(C)COc1ccc(-c2nc(CCl)cs2)cc1. The molecule has 1 aromatic carbocycles. The van der Waals surface area contributed by atoms with Gasteiger partial charge in [0, 0.05) is 10.9 Å². The molecule has 0 saturated carbocycles. The van der Waals surface area contributed by atoms with Gasteiger partial charge in [-0.25, -0.2) is 4.98 Å². The highest BCUT2D eigenvalue weighted by atomic mass is 35.5. The number of aromatic nitrogens is 1. The summed E-state index contributed by atoms with van der Waals surface area (Å²) in [6.45, 7) is 5.02. The first-order valence-corrected chi connectivity index (χ1v) is 7.34. The van der Waals surface area contributed by atoms with Crippen LogP contribution in [0, 0.1) is 5.92 Å². The number of nitrogens with zero attached hydrogens (tertiary/aromatic N) is 1. The van der Waals surface area contributed by atoms with Crippen LogP contribution in [-0.2, 0) is 5.88 Å². The maximum absolute atomic E-state index is 5.75. The largest absolute Gasteiger partial charge is 0.493 e. The Bertz CT molecular complexity index is 493. The molecule has 1 aromatic heterocycles. The van der Waals surface area contributed by atoms with Gasteiger partial charge in [0.05, 0.1) is 18.2 Å². The first kappa shape index (κ1) is 13.4. The molecule has 2 rings (SSSR count). The molecule has 0 unspecified atom stereocenters. The summed E-state index contributed by atoms with van der Waals surface area (Å²) in [6.07, 6.45) is 0. The quantitative estimate of drug-likeness (QED) is 0.748. The molecule has 0 spiro atoms. The Balaban J connectivity index is 2.07. The van der Waals surface area contributed by atoms with E-state index in [2.05, 4.69) is 18.8 Å². The molecule has 0 bridgehead atoms. The Kier molecular flexibility index (Phi) is 4.61. The molecular formula is C14H16ClNOS. The summed E-state index contributed by atoms with van der Waals surface area (Å²) < 4.78 is 5.65. The van der Waals surface area contributed by atoms with Crippen LogP contribution in [0.3, 0.4) is 0 Å². The molecule has 18 heavy (non-hydrogen) atoms. The van der Waals surface area contributed by atoms with E-state index in [9.17, 15) is 0 Å². The van der Waals surface area contributed by atoms with Gasteiger partial charge in [-0.2, -0.15) is 0 Å². The first-order valence-electron chi connectivity index (χ1n) is 5.92. The van der Waals surface area contributed by atoms with Crippen molar-refractivity contribution in [3.05, 3.63) is 35.3 Å². The maximum atomic E-state index is 5.75. The number of thiazole rings is 1. The number of hydrogen-bond donors (Lipinski definition) is 0. The van der Waals surface area contributed by atoms with E-state index in [0.29, 0.717) is 11.8 Å². The monoisotopic (exact) mass is 281 g/mol. The van der Waals surface area contributed by atoms with Crippen molar-refractivity contribution in [3.63, 3.8) is 0 Å². The number of hydrogen-bond acceptors (Lipinski definition) is 3. The van der Waals surface area contributed by atoms with Crippen molar-refractivity contribution in [1.82, 2.24) is 4.98 Å². The predicted octanol–water partition coefficient (Wildman–Crippen LogP) is 4.58. The van der Waals surface area contributed by atoms with Gasteiger partial charge in [-0.05, 0) is 30.2 Å². The smallest absolute Gasteiger partial charge is 0.123 e. The van der Waals surface area contributed by atoms with Crippen LogP contribution in [0.25, 0.3) is 10.6 Å². The van der Waals surface area contributed by atoms with Gasteiger partial charge in [0.1, 0.15) is 10.8 Å². The standard InChI is InChI=1S/C14H16ClNOS/c1-10(2)8-17-13-5-3-11(4-6-13)14-16-12(7-15)9-18-14/h3-6,9-10H,7-8H2,1-2H3. The van der Waals surface area contributed by atoms with Gasteiger partial charge >= 0.3 is 0 Å². The minimum absolute atomic E-state index is 0.464. The van der Waals surface area contributed by atoms with Crippen molar-refractivity contribution in [3.8, 4) is 16.3 Å². The average Bonchev–Trinajstić information content (AvgIpc) is 2.85. The molecule has 0 aliphatic heterocycles. The highest BCUT2D eigenvalue weighted by molar-refractivity contribution is 7.13. The van der Waals surface area contributed by atoms with Gasteiger partial charge in [0.2, 0.25) is 0 Å². The number of ether oxygens (including phenoxy) is 1. The summed E-state index contributed by atoms with van der Waals surface area (Å²) >= 11 is 7.36. The molecule has 0 N–H and O–H groups in total. The molecule has 0 aliphatic carbocycles. The molecule has 2 aromatic rings. The van der Waals surface area contributed by atoms with Gasteiger partial charge in [-0.1, -0.05) is 13.8 Å². The highest BCUT2D eigenvalue weighted by Crippen LogP contribution is 2.26. The van der Waals surface area contributed by atoms with Gasteiger partial charge in [-0.3, -0.25) is 0 Å². The van der Waals surface area contributed by atoms with Crippen LogP contribution in [0.2, 0.25) is 0 Å². The Hall–Kier alpha value is -1.06.